The molecule has 2 saturated heterocycles. The Morgan fingerprint density at radius 2 is 1.87 bits per heavy atom. The van der Waals surface area contributed by atoms with Crippen LogP contribution in [0, 0.1) is 5.82 Å². The van der Waals surface area contributed by atoms with Crippen molar-refractivity contribution in [1.29, 1.82) is 0 Å². The van der Waals surface area contributed by atoms with Gasteiger partial charge < -0.3 is 14.2 Å². The number of nitrogens with zero attached hydrogens (tertiary/aromatic N) is 5. The van der Waals surface area contributed by atoms with Crippen LogP contribution < -0.4 is 4.90 Å². The number of hydrogen-bond acceptors (Lipinski definition) is 5. The van der Waals surface area contributed by atoms with E-state index in [9.17, 15) is 4.39 Å². The number of piperidine rings is 1. The van der Waals surface area contributed by atoms with Crippen LogP contribution in [0.2, 0.25) is 0 Å². The number of morpholine rings is 1. The molecule has 2 fully saturated rings. The maximum absolute atomic E-state index is 14.0. The summed E-state index contributed by atoms with van der Waals surface area (Å²) in [5.74, 6) is 1.29. The van der Waals surface area contributed by atoms with Crippen molar-refractivity contribution in [3.63, 3.8) is 0 Å². The highest BCUT2D eigenvalue weighted by atomic mass is 19.1. The molecule has 0 spiro atoms. The summed E-state index contributed by atoms with van der Waals surface area (Å²) in [4.78, 5) is 14.4. The molecule has 2 aromatic heterocycles. The second-order valence-electron chi connectivity index (χ2n) is 8.34. The molecule has 30 heavy (non-hydrogen) atoms. The monoisotopic (exact) mass is 409 g/mol. The van der Waals surface area contributed by atoms with Crippen LogP contribution in [0.1, 0.15) is 30.0 Å². The zero-order chi connectivity index (χ0) is 20.5. The standard InChI is InChI=1S/C23H28FN5O/c1-27-16-25-22-21(27)14-20(26-23(22)29-10-12-30-13-11-29)17-6-8-28(9-7-17)15-18-4-2-3-5-19(18)24/h2-5,14,16-17H,6-13,15H2,1H3. The van der Waals surface area contributed by atoms with E-state index in [0.29, 0.717) is 12.5 Å². The van der Waals surface area contributed by atoms with Crippen LogP contribution in [0.5, 0.6) is 0 Å². The van der Waals surface area contributed by atoms with Crippen molar-refractivity contribution < 1.29 is 9.13 Å². The fraction of sp³-hybridized carbons (Fsp3) is 0.478. The lowest BCUT2D eigenvalue weighted by molar-refractivity contribution is 0.122. The van der Waals surface area contributed by atoms with E-state index in [1.54, 1.807) is 12.1 Å². The summed E-state index contributed by atoms with van der Waals surface area (Å²) in [7, 11) is 2.04. The highest BCUT2D eigenvalue weighted by Crippen LogP contribution is 2.33. The van der Waals surface area contributed by atoms with Gasteiger partial charge in [0.1, 0.15) is 11.3 Å². The van der Waals surface area contributed by atoms with E-state index >= 15 is 0 Å². The summed E-state index contributed by atoms with van der Waals surface area (Å²) in [5.41, 5.74) is 4.04. The SMILES string of the molecule is Cn1cnc2c(N3CCOCC3)nc(C3CCN(Cc4ccccc4F)CC3)cc21. The molecule has 2 aliphatic heterocycles. The first kappa shape index (κ1) is 19.5. The van der Waals surface area contributed by atoms with E-state index in [4.69, 9.17) is 9.72 Å². The van der Waals surface area contributed by atoms with Crippen LogP contribution in [-0.2, 0) is 18.3 Å². The Bertz CT molecular complexity index is 1020. The van der Waals surface area contributed by atoms with E-state index in [1.807, 2.05) is 25.5 Å². The molecule has 158 valence electrons. The van der Waals surface area contributed by atoms with E-state index in [2.05, 4.69) is 25.4 Å². The van der Waals surface area contributed by atoms with Gasteiger partial charge in [0.05, 0.1) is 25.1 Å². The largest absolute Gasteiger partial charge is 0.378 e. The molecule has 0 atom stereocenters. The number of rotatable bonds is 4. The molecule has 0 saturated carbocycles. The Labute approximate surface area is 176 Å². The van der Waals surface area contributed by atoms with E-state index in [0.717, 1.165) is 80.3 Å². The van der Waals surface area contributed by atoms with Gasteiger partial charge in [0.15, 0.2) is 5.82 Å². The number of imidazole rings is 1. The number of aromatic nitrogens is 3. The van der Waals surface area contributed by atoms with Crippen molar-refractivity contribution in [2.24, 2.45) is 7.05 Å². The molecule has 0 unspecified atom stereocenters. The van der Waals surface area contributed by atoms with E-state index in [-0.39, 0.29) is 5.82 Å². The third kappa shape index (κ3) is 3.79. The summed E-state index contributed by atoms with van der Waals surface area (Å²) in [6.45, 7) is 5.75. The predicted octanol–water partition coefficient (Wildman–Crippen LogP) is 3.32. The molecule has 0 radical (unpaired) electrons. The molecule has 1 aromatic carbocycles. The first-order valence-corrected chi connectivity index (χ1v) is 10.8. The minimum Gasteiger partial charge on any atom is -0.378 e. The summed E-state index contributed by atoms with van der Waals surface area (Å²) in [5, 5.41) is 0. The number of likely N-dealkylation sites (tertiary alicyclic amines) is 1. The van der Waals surface area contributed by atoms with Crippen molar-refractivity contribution in [3.8, 4) is 0 Å². The van der Waals surface area contributed by atoms with Crippen molar-refractivity contribution in [1.82, 2.24) is 19.4 Å². The number of aryl methyl sites for hydroxylation is 1. The fourth-order valence-corrected chi connectivity index (χ4v) is 4.59. The zero-order valence-corrected chi connectivity index (χ0v) is 17.4. The van der Waals surface area contributed by atoms with Gasteiger partial charge in [-0.15, -0.1) is 0 Å². The number of anilines is 1. The lowest BCUT2D eigenvalue weighted by Gasteiger charge is -2.33. The smallest absolute Gasteiger partial charge is 0.157 e. The maximum Gasteiger partial charge on any atom is 0.157 e. The maximum atomic E-state index is 14.0. The lowest BCUT2D eigenvalue weighted by Crippen LogP contribution is -2.37. The number of fused-ring (bicyclic) bond motifs is 1. The fourth-order valence-electron chi connectivity index (χ4n) is 4.59. The number of halogens is 1. The third-order valence-electron chi connectivity index (χ3n) is 6.38. The van der Waals surface area contributed by atoms with Gasteiger partial charge in [-0.05, 0) is 38.1 Å². The molecular formula is C23H28FN5O. The summed E-state index contributed by atoms with van der Waals surface area (Å²) >= 11 is 0. The van der Waals surface area contributed by atoms with Crippen LogP contribution in [0.15, 0.2) is 36.7 Å². The first-order chi connectivity index (χ1) is 14.7. The molecule has 0 N–H and O–H groups in total. The number of pyridine rings is 1. The van der Waals surface area contributed by atoms with Gasteiger partial charge in [-0.2, -0.15) is 0 Å². The Morgan fingerprint density at radius 3 is 2.63 bits per heavy atom. The van der Waals surface area contributed by atoms with Gasteiger partial charge in [0.25, 0.3) is 0 Å². The van der Waals surface area contributed by atoms with E-state index < -0.39 is 0 Å². The normalized spacial score (nSPS) is 18.9. The summed E-state index contributed by atoms with van der Waals surface area (Å²) in [6.07, 6.45) is 3.94. The molecule has 4 heterocycles. The highest BCUT2D eigenvalue weighted by molar-refractivity contribution is 5.87. The zero-order valence-electron chi connectivity index (χ0n) is 17.4. The lowest BCUT2D eigenvalue weighted by atomic mass is 9.92. The Kier molecular flexibility index (Phi) is 5.39. The van der Waals surface area contributed by atoms with Gasteiger partial charge in [0.2, 0.25) is 0 Å². The molecule has 0 aliphatic carbocycles. The molecule has 0 amide bonds. The molecule has 6 nitrogen and oxygen atoms in total. The van der Waals surface area contributed by atoms with Crippen LogP contribution in [0.3, 0.4) is 0 Å². The predicted molar refractivity (Wildman–Crippen MR) is 115 cm³/mol. The second-order valence-corrected chi connectivity index (χ2v) is 8.34. The molecule has 0 bridgehead atoms. The Balaban J connectivity index is 1.35. The Morgan fingerprint density at radius 1 is 1.10 bits per heavy atom. The van der Waals surface area contributed by atoms with Gasteiger partial charge >= 0.3 is 0 Å². The van der Waals surface area contributed by atoms with Crippen molar-refractivity contribution in [2.45, 2.75) is 25.3 Å². The quantitative estimate of drug-likeness (QED) is 0.662. The minimum atomic E-state index is -0.113. The molecule has 7 heteroatoms. The summed E-state index contributed by atoms with van der Waals surface area (Å²) < 4.78 is 21.6. The van der Waals surface area contributed by atoms with Crippen molar-refractivity contribution >= 4 is 16.9 Å². The van der Waals surface area contributed by atoms with Crippen molar-refractivity contribution in [2.75, 3.05) is 44.3 Å². The van der Waals surface area contributed by atoms with Crippen LogP contribution >= 0.6 is 0 Å². The van der Waals surface area contributed by atoms with Gasteiger partial charge in [-0.1, -0.05) is 18.2 Å². The molecule has 2 aliphatic rings. The van der Waals surface area contributed by atoms with Crippen LogP contribution in [0.4, 0.5) is 10.2 Å². The summed E-state index contributed by atoms with van der Waals surface area (Å²) in [6, 6.07) is 9.29. The topological polar surface area (TPSA) is 46.4 Å². The Hall–Kier alpha value is -2.51. The van der Waals surface area contributed by atoms with Crippen LogP contribution in [-0.4, -0.2) is 58.8 Å². The molecule has 5 rings (SSSR count). The number of benzene rings is 1. The molecule has 3 aromatic rings. The van der Waals surface area contributed by atoms with Crippen LogP contribution in [0.25, 0.3) is 11.0 Å². The third-order valence-corrected chi connectivity index (χ3v) is 6.38. The number of ether oxygens (including phenoxy) is 1. The number of hydrogen-bond donors (Lipinski definition) is 0. The van der Waals surface area contributed by atoms with Crippen molar-refractivity contribution in [3.05, 3.63) is 53.7 Å². The average molecular weight is 410 g/mol. The highest BCUT2D eigenvalue weighted by Gasteiger charge is 2.25. The average Bonchev–Trinajstić information content (AvgIpc) is 3.17. The first-order valence-electron chi connectivity index (χ1n) is 10.8. The minimum absolute atomic E-state index is 0.113. The van der Waals surface area contributed by atoms with E-state index in [1.165, 1.54) is 0 Å². The second kappa shape index (κ2) is 8.32. The molecular weight excluding hydrogens is 381 g/mol. The van der Waals surface area contributed by atoms with Gasteiger partial charge in [0, 0.05) is 43.9 Å². The van der Waals surface area contributed by atoms with Gasteiger partial charge in [-0.3, -0.25) is 4.90 Å². The van der Waals surface area contributed by atoms with Gasteiger partial charge in [-0.25, -0.2) is 14.4 Å².